The number of benzene rings is 6. The maximum Gasteiger partial charge on any atom is 0.475 e. The van der Waals surface area contributed by atoms with Crippen molar-refractivity contribution in [1.82, 2.24) is 19.1 Å². The molecule has 10 rings (SSSR count). The van der Waals surface area contributed by atoms with Gasteiger partial charge in [0, 0.05) is 35.4 Å². The molecule has 8 atom stereocenters. The average molecular weight is 1230 g/mol. The normalized spacial score (nSPS) is 19.8. The molecule has 460 valence electrons. The molecule has 6 aromatic carbocycles. The number of aryl methyl sites for hydroxylation is 1. The molecule has 2 N–H and O–H groups in total. The first-order valence-corrected chi connectivity index (χ1v) is 29.6. The number of nitrogens with zero attached hydrogens (tertiary/aromatic N) is 6. The summed E-state index contributed by atoms with van der Waals surface area (Å²) in [6.45, 7) is -0.134. The van der Waals surface area contributed by atoms with E-state index in [2.05, 4.69) is 20.0 Å². The van der Waals surface area contributed by atoms with Crippen molar-refractivity contribution >= 4 is 7.82 Å². The second kappa shape index (κ2) is 27.8. The number of hydrogen-bond acceptors (Lipinski definition) is 18. The molecular weight excluding hydrogens is 1170 g/mol. The number of rotatable bonds is 26. The summed E-state index contributed by atoms with van der Waals surface area (Å²) in [4.78, 5) is 60.3. The Balaban J connectivity index is 1.08. The van der Waals surface area contributed by atoms with Crippen LogP contribution in [0.15, 0.2) is 200 Å². The number of nitriles is 1. The van der Waals surface area contributed by atoms with Crippen LogP contribution >= 0.6 is 7.82 Å². The fourth-order valence-corrected chi connectivity index (χ4v) is 12.5. The van der Waals surface area contributed by atoms with Gasteiger partial charge in [-0.15, -0.1) is 0 Å². The standard InChI is InChI=1S/C64H63N8O16P/c1-41-38-72(62(76)68-59(41)74)56-37-52(87-64(43-15-10-7-11-16-43,46-21-29-50(80-4)30-22-46)47-23-31-51(81-5)32-24-47)53(85-56)40-84-89(77,83-36-12-34-65)88-58-54(86-60(57(58)69-70-66)71-35-33-55(73)67-61(71)75)39-82-63(42-13-8-6-9-14-42,44-17-25-48(78-2)26-18-44)45-19-27-49(79-3)28-20-45/h6-11,13-33,35,38,52-54,56-58,60H,12,36-37,39-40H2,1-5H3,(H,67,73,75)(H,68,74,76)/t52-,53+,54+,56+,57+,58+,60+,89?/m0/s1. The number of azide groups is 1. The van der Waals surface area contributed by atoms with E-state index in [9.17, 15) is 30.0 Å². The van der Waals surface area contributed by atoms with Crippen molar-refractivity contribution < 1.29 is 56.0 Å². The van der Waals surface area contributed by atoms with Crippen molar-refractivity contribution in [3.63, 3.8) is 0 Å². The summed E-state index contributed by atoms with van der Waals surface area (Å²) in [6, 6.07) is 49.0. The Morgan fingerprint density at radius 3 is 1.63 bits per heavy atom. The lowest BCUT2D eigenvalue weighted by molar-refractivity contribution is -0.105. The number of hydrogen-bond donors (Lipinski definition) is 2. The summed E-state index contributed by atoms with van der Waals surface area (Å²) < 4.78 is 87.6. The maximum absolute atomic E-state index is 15.9. The minimum Gasteiger partial charge on any atom is -0.497 e. The first kappa shape index (κ1) is 62.7. The highest BCUT2D eigenvalue weighted by molar-refractivity contribution is 7.48. The molecule has 1 unspecified atom stereocenters. The summed E-state index contributed by atoms with van der Waals surface area (Å²) in [6.07, 6.45) is -6.08. The third kappa shape index (κ3) is 13.3. The maximum atomic E-state index is 15.9. The van der Waals surface area contributed by atoms with Crippen LogP contribution < -0.4 is 41.4 Å². The second-order valence-corrected chi connectivity index (χ2v) is 22.3. The van der Waals surface area contributed by atoms with E-state index in [0.29, 0.717) is 56.4 Å². The first-order valence-electron chi connectivity index (χ1n) is 28.1. The van der Waals surface area contributed by atoms with E-state index in [1.165, 1.54) is 17.7 Å². The molecule has 0 aliphatic carbocycles. The van der Waals surface area contributed by atoms with E-state index in [1.54, 1.807) is 77.0 Å². The average Bonchev–Trinajstić information content (AvgIpc) is 2.29. The van der Waals surface area contributed by atoms with Crippen LogP contribution in [0.25, 0.3) is 10.4 Å². The highest BCUT2D eigenvalue weighted by atomic mass is 31.2. The number of phosphoric acid groups is 1. The van der Waals surface area contributed by atoms with Crippen molar-refractivity contribution in [3.05, 3.63) is 267 Å². The molecule has 89 heavy (non-hydrogen) atoms. The van der Waals surface area contributed by atoms with Crippen LogP contribution in [0.2, 0.25) is 0 Å². The summed E-state index contributed by atoms with van der Waals surface area (Å²) in [5.41, 5.74) is 8.23. The highest BCUT2D eigenvalue weighted by Crippen LogP contribution is 2.55. The van der Waals surface area contributed by atoms with Gasteiger partial charge in [-0.1, -0.05) is 114 Å². The monoisotopic (exact) mass is 1230 g/mol. The number of aromatic nitrogens is 4. The number of H-pyrrole nitrogens is 2. The van der Waals surface area contributed by atoms with Crippen LogP contribution in [0.1, 0.15) is 64.2 Å². The Bertz CT molecular complexity index is 4010. The van der Waals surface area contributed by atoms with E-state index in [0.717, 1.165) is 16.8 Å². The van der Waals surface area contributed by atoms with Crippen molar-refractivity contribution in [2.24, 2.45) is 5.11 Å². The molecule has 0 spiro atoms. The van der Waals surface area contributed by atoms with Gasteiger partial charge >= 0.3 is 19.2 Å². The highest BCUT2D eigenvalue weighted by Gasteiger charge is 2.53. The van der Waals surface area contributed by atoms with Gasteiger partial charge in [-0.05, 0) is 94.4 Å². The molecule has 8 aromatic rings. The molecule has 2 aliphatic heterocycles. The van der Waals surface area contributed by atoms with Crippen molar-refractivity contribution in [1.29, 1.82) is 5.26 Å². The van der Waals surface area contributed by atoms with Crippen LogP contribution in [0.3, 0.4) is 0 Å². The molecule has 0 radical (unpaired) electrons. The van der Waals surface area contributed by atoms with Crippen molar-refractivity contribution in [2.75, 3.05) is 48.3 Å². The second-order valence-electron chi connectivity index (χ2n) is 20.7. The van der Waals surface area contributed by atoms with Crippen molar-refractivity contribution in [2.45, 2.75) is 73.9 Å². The molecule has 2 fully saturated rings. The molecule has 2 aromatic heterocycles. The summed E-state index contributed by atoms with van der Waals surface area (Å²) in [5, 5.41) is 13.9. The van der Waals surface area contributed by atoms with E-state index >= 15 is 4.57 Å². The summed E-state index contributed by atoms with van der Waals surface area (Å²) in [7, 11) is 1.03. The van der Waals surface area contributed by atoms with Gasteiger partial charge in [-0.3, -0.25) is 42.3 Å². The third-order valence-electron chi connectivity index (χ3n) is 15.5. The fourth-order valence-electron chi connectivity index (χ4n) is 11.1. The van der Waals surface area contributed by atoms with E-state index in [1.807, 2.05) is 115 Å². The van der Waals surface area contributed by atoms with Gasteiger partial charge in [-0.25, -0.2) is 14.2 Å². The van der Waals surface area contributed by atoms with Gasteiger partial charge in [0.2, 0.25) is 0 Å². The third-order valence-corrected chi connectivity index (χ3v) is 17.0. The minimum absolute atomic E-state index is 0.0727. The SMILES string of the molecule is COc1ccc(C(OC[C@H]2O[C@@H](n3ccc(=O)[nH]c3=O)[C@H](N=[N+]=[N-])[C@@H]2OP(=O)(OCCC#N)OC[C@H]2O[C@@H](n3cc(C)c(=O)[nH]c3=O)C[C@@H]2OC(c2ccccc2)(c2ccc(OC)cc2)c2ccc(OC)cc2)(c2ccccc2)c2ccc(OC)cc2)cc1. The quantitative estimate of drug-likeness (QED) is 0.0127. The first-order chi connectivity index (χ1) is 43.2. The molecule has 4 heterocycles. The summed E-state index contributed by atoms with van der Waals surface area (Å²) in [5.74, 6) is 2.23. The number of nitrogens with one attached hydrogen (secondary N) is 2. The van der Waals surface area contributed by atoms with E-state index < -0.39 is 104 Å². The molecule has 0 bridgehead atoms. The summed E-state index contributed by atoms with van der Waals surface area (Å²) >= 11 is 0. The van der Waals surface area contributed by atoms with Crippen LogP contribution in [-0.2, 0) is 48.3 Å². The van der Waals surface area contributed by atoms with Gasteiger partial charge in [-0.2, -0.15) is 5.26 Å². The Morgan fingerprint density at radius 2 is 1.13 bits per heavy atom. The van der Waals surface area contributed by atoms with Gasteiger partial charge in [0.25, 0.3) is 11.1 Å². The van der Waals surface area contributed by atoms with E-state index in [4.69, 9.17) is 51.5 Å². The lowest BCUT2D eigenvalue weighted by Gasteiger charge is -2.39. The number of ether oxygens (including phenoxy) is 8. The molecular formula is C64H63N8O16P. The molecule has 0 saturated carbocycles. The number of phosphoric ester groups is 1. The van der Waals surface area contributed by atoms with Crippen LogP contribution in [0, 0.1) is 18.3 Å². The van der Waals surface area contributed by atoms with Crippen LogP contribution in [0.5, 0.6) is 23.0 Å². The Morgan fingerprint density at radius 1 is 0.640 bits per heavy atom. The predicted octanol–water partition coefficient (Wildman–Crippen LogP) is 9.12. The molecule has 2 saturated heterocycles. The number of aromatic amines is 2. The Kier molecular flexibility index (Phi) is 19.6. The minimum atomic E-state index is -5.15. The van der Waals surface area contributed by atoms with Crippen molar-refractivity contribution in [3.8, 4) is 29.1 Å². The topological polar surface area (TPSA) is 301 Å². The molecule has 2 aliphatic rings. The van der Waals surface area contributed by atoms with Gasteiger partial charge in [0.05, 0.1) is 66.9 Å². The Labute approximate surface area is 509 Å². The zero-order valence-electron chi connectivity index (χ0n) is 49.0. The van der Waals surface area contributed by atoms with Gasteiger partial charge < -0.3 is 37.9 Å². The zero-order chi connectivity index (χ0) is 62.7. The molecule has 0 amide bonds. The van der Waals surface area contributed by atoms with Crippen LogP contribution in [0.4, 0.5) is 0 Å². The number of methoxy groups -OCH3 is 4. The Hall–Kier alpha value is -9.37. The predicted molar refractivity (Wildman–Crippen MR) is 323 cm³/mol. The lowest BCUT2D eigenvalue weighted by atomic mass is 9.79. The van der Waals surface area contributed by atoms with E-state index in [-0.39, 0.29) is 18.4 Å². The molecule has 25 heteroatoms. The smallest absolute Gasteiger partial charge is 0.475 e. The largest absolute Gasteiger partial charge is 0.497 e. The zero-order valence-corrected chi connectivity index (χ0v) is 49.9. The molecule has 24 nitrogen and oxygen atoms in total. The van der Waals surface area contributed by atoms with Crippen LogP contribution in [-0.4, -0.2) is 97.8 Å². The van der Waals surface area contributed by atoms with Gasteiger partial charge in [0.1, 0.15) is 71.0 Å². The lowest BCUT2D eigenvalue weighted by Crippen LogP contribution is -2.41. The fraction of sp³-hybridized carbons (Fsp3) is 0.297. The van der Waals surface area contributed by atoms with Gasteiger partial charge in [0.15, 0.2) is 0 Å².